The number of aromatic nitrogens is 2. The lowest BCUT2D eigenvalue weighted by atomic mass is 10.1. The monoisotopic (exact) mass is 332 g/mol. The Labute approximate surface area is 124 Å². The van der Waals surface area contributed by atoms with Gasteiger partial charge in [-0.15, -0.1) is 0 Å². The molecule has 1 amide bonds. The maximum Gasteiger partial charge on any atom is 0.278 e. The fraction of sp³-hybridized carbons (Fsp3) is 0.357. The molecule has 1 aromatic carbocycles. The van der Waals surface area contributed by atoms with Gasteiger partial charge in [-0.25, -0.2) is 9.97 Å². The fourth-order valence-corrected chi connectivity index (χ4v) is 3.56. The van der Waals surface area contributed by atoms with E-state index in [-0.39, 0.29) is 11.9 Å². The van der Waals surface area contributed by atoms with Crippen LogP contribution in [0, 0.1) is 0 Å². The Morgan fingerprint density at radius 2 is 2.25 bits per heavy atom. The SMILES string of the molecule is O=C1c2ncnc3c(Br)ccc(c23)N1C1CCCNC1. The van der Waals surface area contributed by atoms with E-state index in [1.54, 1.807) is 0 Å². The van der Waals surface area contributed by atoms with Crippen LogP contribution in [-0.4, -0.2) is 35.0 Å². The summed E-state index contributed by atoms with van der Waals surface area (Å²) in [6.07, 6.45) is 3.58. The Bertz CT molecular complexity index is 712. The number of anilines is 1. The molecule has 6 heteroatoms. The highest BCUT2D eigenvalue weighted by molar-refractivity contribution is 9.10. The molecule has 0 aliphatic carbocycles. The number of piperidine rings is 1. The molecule has 2 aliphatic heterocycles. The third-order valence-corrected chi connectivity index (χ3v) is 4.67. The van der Waals surface area contributed by atoms with E-state index >= 15 is 0 Å². The van der Waals surface area contributed by atoms with Gasteiger partial charge in [-0.2, -0.15) is 0 Å². The van der Waals surface area contributed by atoms with Crippen LogP contribution in [0.3, 0.4) is 0 Å². The van der Waals surface area contributed by atoms with Crippen LogP contribution in [0.25, 0.3) is 10.9 Å². The van der Waals surface area contributed by atoms with Crippen LogP contribution in [0.2, 0.25) is 0 Å². The summed E-state index contributed by atoms with van der Waals surface area (Å²) in [5, 5.41) is 4.24. The lowest BCUT2D eigenvalue weighted by molar-refractivity contribution is 0.0975. The Morgan fingerprint density at radius 3 is 3.05 bits per heavy atom. The summed E-state index contributed by atoms with van der Waals surface area (Å²) < 4.78 is 0.899. The molecule has 4 rings (SSSR count). The van der Waals surface area contributed by atoms with Crippen LogP contribution >= 0.6 is 15.9 Å². The highest BCUT2D eigenvalue weighted by Gasteiger charge is 2.37. The second-order valence-electron chi connectivity index (χ2n) is 5.19. The molecular formula is C14H13BrN4O. The molecule has 0 spiro atoms. The molecule has 0 bridgehead atoms. The molecule has 1 N–H and O–H groups in total. The van der Waals surface area contributed by atoms with E-state index in [1.165, 1.54) is 6.33 Å². The zero-order valence-corrected chi connectivity index (χ0v) is 12.4. The molecule has 0 radical (unpaired) electrons. The van der Waals surface area contributed by atoms with Crippen molar-refractivity contribution >= 4 is 38.4 Å². The molecule has 1 fully saturated rings. The van der Waals surface area contributed by atoms with Crippen LogP contribution in [0.15, 0.2) is 22.9 Å². The standard InChI is InChI=1S/C14H13BrN4O/c15-9-3-4-10-11-12(9)17-7-18-13(11)14(20)19(10)8-2-1-5-16-6-8/h3-4,7-8,16H,1-2,5-6H2. The molecule has 102 valence electrons. The van der Waals surface area contributed by atoms with Gasteiger partial charge < -0.3 is 10.2 Å². The minimum atomic E-state index is -0.000741. The fourth-order valence-electron chi connectivity index (χ4n) is 3.13. The first-order valence-electron chi connectivity index (χ1n) is 6.75. The minimum absolute atomic E-state index is 0.000741. The van der Waals surface area contributed by atoms with E-state index in [2.05, 4.69) is 31.2 Å². The van der Waals surface area contributed by atoms with Crippen LogP contribution < -0.4 is 10.2 Å². The molecule has 5 nitrogen and oxygen atoms in total. The number of hydrogen-bond donors (Lipinski definition) is 1. The Kier molecular flexibility index (Phi) is 2.75. The number of halogens is 1. The van der Waals surface area contributed by atoms with Gasteiger partial charge in [-0.05, 0) is 47.4 Å². The second kappa shape index (κ2) is 4.49. The van der Waals surface area contributed by atoms with E-state index in [0.29, 0.717) is 5.69 Å². The third kappa shape index (κ3) is 1.61. The zero-order chi connectivity index (χ0) is 13.7. The first-order chi connectivity index (χ1) is 9.77. The summed E-state index contributed by atoms with van der Waals surface area (Å²) in [7, 11) is 0. The van der Waals surface area contributed by atoms with Crippen molar-refractivity contribution in [3.8, 4) is 0 Å². The van der Waals surface area contributed by atoms with Crippen LogP contribution in [0.4, 0.5) is 5.69 Å². The number of carbonyl (C=O) groups is 1. The summed E-state index contributed by atoms with van der Waals surface area (Å²) in [4.78, 5) is 23.1. The molecular weight excluding hydrogens is 320 g/mol. The highest BCUT2D eigenvalue weighted by atomic mass is 79.9. The normalized spacial score (nSPS) is 21.8. The lowest BCUT2D eigenvalue weighted by Crippen LogP contribution is -2.47. The first kappa shape index (κ1) is 12.2. The molecule has 0 saturated carbocycles. The molecule has 1 aromatic heterocycles. The highest BCUT2D eigenvalue weighted by Crippen LogP contribution is 2.40. The number of rotatable bonds is 1. The van der Waals surface area contributed by atoms with Gasteiger partial charge in [-0.1, -0.05) is 0 Å². The van der Waals surface area contributed by atoms with Crippen LogP contribution in [-0.2, 0) is 0 Å². The molecule has 2 aromatic rings. The predicted molar refractivity (Wildman–Crippen MR) is 79.9 cm³/mol. The van der Waals surface area contributed by atoms with Crippen LogP contribution in [0.5, 0.6) is 0 Å². The molecule has 20 heavy (non-hydrogen) atoms. The smallest absolute Gasteiger partial charge is 0.278 e. The number of nitrogens with one attached hydrogen (secondary N) is 1. The van der Waals surface area contributed by atoms with Crippen molar-refractivity contribution in [1.29, 1.82) is 0 Å². The summed E-state index contributed by atoms with van der Waals surface area (Å²) >= 11 is 3.50. The van der Waals surface area contributed by atoms with Gasteiger partial charge >= 0.3 is 0 Å². The Balaban J connectivity index is 1.91. The summed E-state index contributed by atoms with van der Waals surface area (Å²) in [5.41, 5.74) is 2.28. The van der Waals surface area contributed by atoms with Crippen molar-refractivity contribution in [2.24, 2.45) is 0 Å². The van der Waals surface area contributed by atoms with Gasteiger partial charge in [-0.3, -0.25) is 4.79 Å². The second-order valence-corrected chi connectivity index (χ2v) is 6.04. The third-order valence-electron chi connectivity index (χ3n) is 4.03. The first-order valence-corrected chi connectivity index (χ1v) is 7.54. The number of benzene rings is 1. The Hall–Kier alpha value is -1.53. The van der Waals surface area contributed by atoms with Crippen LogP contribution in [0.1, 0.15) is 23.3 Å². The van der Waals surface area contributed by atoms with Crippen molar-refractivity contribution in [3.05, 3.63) is 28.6 Å². The van der Waals surface area contributed by atoms with E-state index in [0.717, 1.165) is 47.0 Å². The van der Waals surface area contributed by atoms with Gasteiger partial charge in [0.25, 0.3) is 5.91 Å². The van der Waals surface area contributed by atoms with Crippen molar-refractivity contribution < 1.29 is 4.79 Å². The predicted octanol–water partition coefficient (Wildman–Crippen LogP) is 2.10. The lowest BCUT2D eigenvalue weighted by Gasteiger charge is -2.32. The minimum Gasteiger partial charge on any atom is -0.315 e. The summed E-state index contributed by atoms with van der Waals surface area (Å²) in [6.45, 7) is 1.87. The van der Waals surface area contributed by atoms with Gasteiger partial charge in [0.1, 0.15) is 12.0 Å². The van der Waals surface area contributed by atoms with Crippen molar-refractivity contribution in [1.82, 2.24) is 15.3 Å². The summed E-state index contributed by atoms with van der Waals surface area (Å²) in [6, 6.07) is 4.14. The molecule has 1 atom stereocenters. The Morgan fingerprint density at radius 1 is 1.35 bits per heavy atom. The van der Waals surface area contributed by atoms with Crippen molar-refractivity contribution in [2.45, 2.75) is 18.9 Å². The van der Waals surface area contributed by atoms with Crippen molar-refractivity contribution in [3.63, 3.8) is 0 Å². The van der Waals surface area contributed by atoms with Gasteiger partial charge in [0.2, 0.25) is 0 Å². The molecule has 2 aliphatic rings. The van der Waals surface area contributed by atoms with Gasteiger partial charge in [0, 0.05) is 17.1 Å². The van der Waals surface area contributed by atoms with Gasteiger partial charge in [0.05, 0.1) is 16.6 Å². The summed E-state index contributed by atoms with van der Waals surface area (Å²) in [5.74, 6) is -0.000741. The maximum atomic E-state index is 12.7. The molecule has 1 unspecified atom stereocenters. The van der Waals surface area contributed by atoms with Gasteiger partial charge in [0.15, 0.2) is 0 Å². The average Bonchev–Trinajstić information content (AvgIpc) is 2.78. The average molecular weight is 333 g/mol. The number of amides is 1. The van der Waals surface area contributed by atoms with E-state index in [1.807, 2.05) is 17.0 Å². The van der Waals surface area contributed by atoms with E-state index < -0.39 is 0 Å². The van der Waals surface area contributed by atoms with E-state index in [9.17, 15) is 4.79 Å². The van der Waals surface area contributed by atoms with E-state index in [4.69, 9.17) is 0 Å². The molecule has 3 heterocycles. The molecule has 1 saturated heterocycles. The largest absolute Gasteiger partial charge is 0.315 e. The quantitative estimate of drug-likeness (QED) is 0.868. The number of nitrogens with zero attached hydrogens (tertiary/aromatic N) is 3. The van der Waals surface area contributed by atoms with Crippen molar-refractivity contribution in [2.75, 3.05) is 18.0 Å². The maximum absolute atomic E-state index is 12.7. The zero-order valence-electron chi connectivity index (χ0n) is 10.8. The number of hydrogen-bond acceptors (Lipinski definition) is 4. The topological polar surface area (TPSA) is 58.1 Å². The number of carbonyl (C=O) groups excluding carboxylic acids is 1.